The predicted molar refractivity (Wildman–Crippen MR) is 57.9 cm³/mol. The number of likely N-dealkylation sites (tertiary alicyclic amines) is 1. The Kier molecular flexibility index (Phi) is 4.11. The van der Waals surface area contributed by atoms with E-state index in [9.17, 15) is 4.79 Å². The van der Waals surface area contributed by atoms with Crippen LogP contribution in [0.25, 0.3) is 0 Å². The lowest BCUT2D eigenvalue weighted by atomic mass is 10.1. The van der Waals surface area contributed by atoms with Crippen molar-refractivity contribution in [3.05, 3.63) is 0 Å². The third kappa shape index (κ3) is 4.62. The summed E-state index contributed by atoms with van der Waals surface area (Å²) in [6.07, 6.45) is 0.769. The van der Waals surface area contributed by atoms with Gasteiger partial charge in [0.15, 0.2) is 0 Å². The van der Waals surface area contributed by atoms with Crippen LogP contribution >= 0.6 is 0 Å². The van der Waals surface area contributed by atoms with Gasteiger partial charge in [0.2, 0.25) is 0 Å². The van der Waals surface area contributed by atoms with E-state index in [-0.39, 0.29) is 11.5 Å². The summed E-state index contributed by atoms with van der Waals surface area (Å²) in [4.78, 5) is 12.9. The number of hydrogen-bond donors (Lipinski definition) is 1. The number of rotatable bonds is 4. The normalized spacial score (nSPS) is 23.3. The highest BCUT2D eigenvalue weighted by Gasteiger charge is 2.27. The van der Waals surface area contributed by atoms with E-state index in [1.165, 1.54) is 0 Å². The summed E-state index contributed by atoms with van der Waals surface area (Å²) in [6.45, 7) is 9.13. The van der Waals surface area contributed by atoms with Crippen LogP contribution in [0.5, 0.6) is 0 Å². The van der Waals surface area contributed by atoms with Crippen molar-refractivity contribution in [2.45, 2.75) is 32.8 Å². The topological polar surface area (TPSA) is 49.8 Å². The molecule has 0 aromatic heterocycles. The molecule has 1 heterocycles. The van der Waals surface area contributed by atoms with Gasteiger partial charge in [0.25, 0.3) is 0 Å². The minimum atomic E-state index is -0.672. The van der Waals surface area contributed by atoms with Crippen molar-refractivity contribution in [1.82, 2.24) is 4.90 Å². The molecule has 1 N–H and O–H groups in total. The standard InChI is InChI=1S/C11H21NO3/c1-11(2,3)15-7-6-12-5-4-9(8-12)10(13)14/h9H,4-8H2,1-3H3,(H,13,14). The van der Waals surface area contributed by atoms with Crippen molar-refractivity contribution in [2.75, 3.05) is 26.2 Å². The number of carbonyl (C=O) groups is 1. The predicted octanol–water partition coefficient (Wildman–Crippen LogP) is 1.21. The molecule has 88 valence electrons. The first-order chi connectivity index (χ1) is 6.88. The molecule has 1 fully saturated rings. The molecule has 1 atom stereocenters. The van der Waals surface area contributed by atoms with Gasteiger partial charge in [0.1, 0.15) is 0 Å². The lowest BCUT2D eigenvalue weighted by Gasteiger charge is -2.22. The van der Waals surface area contributed by atoms with Gasteiger partial charge in [-0.1, -0.05) is 0 Å². The maximum atomic E-state index is 10.7. The third-order valence-electron chi connectivity index (χ3n) is 2.56. The number of carboxylic acid groups (broad SMARTS) is 1. The van der Waals surface area contributed by atoms with Gasteiger partial charge in [-0.3, -0.25) is 4.79 Å². The zero-order valence-corrected chi connectivity index (χ0v) is 9.82. The molecule has 0 aliphatic carbocycles. The molecule has 1 aliphatic rings. The monoisotopic (exact) mass is 215 g/mol. The average molecular weight is 215 g/mol. The molecule has 1 aliphatic heterocycles. The van der Waals surface area contributed by atoms with Crippen LogP contribution in [0, 0.1) is 5.92 Å². The SMILES string of the molecule is CC(C)(C)OCCN1CCC(C(=O)O)C1. The second-order valence-corrected chi connectivity index (χ2v) is 5.09. The fraction of sp³-hybridized carbons (Fsp3) is 0.909. The largest absolute Gasteiger partial charge is 0.481 e. The Bertz CT molecular complexity index is 222. The molecule has 0 saturated carbocycles. The van der Waals surface area contributed by atoms with E-state index >= 15 is 0 Å². The summed E-state index contributed by atoms with van der Waals surface area (Å²) >= 11 is 0. The molecule has 4 heteroatoms. The number of ether oxygens (including phenoxy) is 1. The van der Waals surface area contributed by atoms with Crippen molar-refractivity contribution < 1.29 is 14.6 Å². The van der Waals surface area contributed by atoms with Gasteiger partial charge in [-0.25, -0.2) is 0 Å². The first-order valence-electron chi connectivity index (χ1n) is 5.47. The maximum Gasteiger partial charge on any atom is 0.307 e. The van der Waals surface area contributed by atoms with Gasteiger partial charge in [-0.05, 0) is 33.7 Å². The lowest BCUT2D eigenvalue weighted by molar-refractivity contribution is -0.141. The smallest absolute Gasteiger partial charge is 0.307 e. The Morgan fingerprint density at radius 1 is 1.53 bits per heavy atom. The minimum absolute atomic E-state index is 0.105. The average Bonchev–Trinajstić information content (AvgIpc) is 2.50. The van der Waals surface area contributed by atoms with Gasteiger partial charge in [-0.2, -0.15) is 0 Å². The maximum absolute atomic E-state index is 10.7. The summed E-state index contributed by atoms with van der Waals surface area (Å²) in [6, 6.07) is 0. The third-order valence-corrected chi connectivity index (χ3v) is 2.56. The minimum Gasteiger partial charge on any atom is -0.481 e. The Morgan fingerprint density at radius 2 is 2.20 bits per heavy atom. The van der Waals surface area contributed by atoms with E-state index in [0.717, 1.165) is 19.5 Å². The van der Waals surface area contributed by atoms with Crippen molar-refractivity contribution in [3.63, 3.8) is 0 Å². The molecule has 0 bridgehead atoms. The Balaban J connectivity index is 2.17. The number of aliphatic carboxylic acids is 1. The molecule has 0 aromatic rings. The molecular weight excluding hydrogens is 194 g/mol. The summed E-state index contributed by atoms with van der Waals surface area (Å²) in [5.41, 5.74) is -0.105. The fourth-order valence-corrected chi connectivity index (χ4v) is 1.72. The van der Waals surface area contributed by atoms with E-state index in [1.54, 1.807) is 0 Å². The van der Waals surface area contributed by atoms with Gasteiger partial charge in [0, 0.05) is 13.1 Å². The fourth-order valence-electron chi connectivity index (χ4n) is 1.72. The van der Waals surface area contributed by atoms with Crippen LogP contribution in [0.3, 0.4) is 0 Å². The van der Waals surface area contributed by atoms with Crippen LogP contribution in [0.2, 0.25) is 0 Å². The van der Waals surface area contributed by atoms with Crippen LogP contribution < -0.4 is 0 Å². The van der Waals surface area contributed by atoms with Crippen LogP contribution in [-0.4, -0.2) is 47.8 Å². The van der Waals surface area contributed by atoms with Crippen LogP contribution in [-0.2, 0) is 9.53 Å². The van der Waals surface area contributed by atoms with Crippen LogP contribution in [0.15, 0.2) is 0 Å². The first kappa shape index (κ1) is 12.5. The van der Waals surface area contributed by atoms with E-state index in [4.69, 9.17) is 9.84 Å². The second kappa shape index (κ2) is 4.94. The molecule has 15 heavy (non-hydrogen) atoms. The summed E-state index contributed by atoms with van der Waals surface area (Å²) in [7, 11) is 0. The van der Waals surface area contributed by atoms with Gasteiger partial charge in [0.05, 0.1) is 18.1 Å². The number of carboxylic acids is 1. The highest BCUT2D eigenvalue weighted by Crippen LogP contribution is 2.16. The van der Waals surface area contributed by atoms with Crippen molar-refractivity contribution in [2.24, 2.45) is 5.92 Å². The quantitative estimate of drug-likeness (QED) is 0.765. The Labute approximate surface area is 91.2 Å². The Hall–Kier alpha value is -0.610. The molecule has 0 amide bonds. The molecule has 4 nitrogen and oxygen atoms in total. The molecule has 1 unspecified atom stereocenters. The van der Waals surface area contributed by atoms with Crippen molar-refractivity contribution in [1.29, 1.82) is 0 Å². The molecule has 0 aromatic carbocycles. The Morgan fingerprint density at radius 3 is 2.67 bits per heavy atom. The molecule has 1 rings (SSSR count). The van der Waals surface area contributed by atoms with E-state index < -0.39 is 5.97 Å². The number of nitrogens with zero attached hydrogens (tertiary/aromatic N) is 1. The van der Waals surface area contributed by atoms with Gasteiger partial charge < -0.3 is 14.7 Å². The van der Waals surface area contributed by atoms with Crippen molar-refractivity contribution in [3.8, 4) is 0 Å². The molecule has 0 radical (unpaired) electrons. The van der Waals surface area contributed by atoms with E-state index in [1.807, 2.05) is 20.8 Å². The van der Waals surface area contributed by atoms with Crippen LogP contribution in [0.4, 0.5) is 0 Å². The summed E-state index contributed by atoms with van der Waals surface area (Å²) in [5, 5.41) is 8.83. The summed E-state index contributed by atoms with van der Waals surface area (Å²) in [5.74, 6) is -0.853. The first-order valence-corrected chi connectivity index (χ1v) is 5.47. The summed E-state index contributed by atoms with van der Waals surface area (Å²) < 4.78 is 5.60. The van der Waals surface area contributed by atoms with E-state index in [0.29, 0.717) is 13.2 Å². The highest BCUT2D eigenvalue weighted by atomic mass is 16.5. The van der Waals surface area contributed by atoms with Gasteiger partial charge >= 0.3 is 5.97 Å². The molecule has 1 saturated heterocycles. The van der Waals surface area contributed by atoms with Gasteiger partial charge in [-0.15, -0.1) is 0 Å². The highest BCUT2D eigenvalue weighted by molar-refractivity contribution is 5.70. The van der Waals surface area contributed by atoms with Crippen LogP contribution in [0.1, 0.15) is 27.2 Å². The van der Waals surface area contributed by atoms with Crippen molar-refractivity contribution >= 4 is 5.97 Å². The molecular formula is C11H21NO3. The molecule has 0 spiro atoms. The number of hydrogen-bond acceptors (Lipinski definition) is 3. The van der Waals surface area contributed by atoms with E-state index in [2.05, 4.69) is 4.90 Å². The second-order valence-electron chi connectivity index (χ2n) is 5.09. The zero-order valence-electron chi connectivity index (χ0n) is 9.82. The lowest BCUT2D eigenvalue weighted by Crippen LogP contribution is -2.30. The zero-order chi connectivity index (χ0) is 11.5.